The van der Waals surface area contributed by atoms with E-state index in [0.717, 1.165) is 132 Å². The molecule has 0 radical (unpaired) electrons. The second kappa shape index (κ2) is 12.8. The zero-order valence-electron chi connectivity index (χ0n) is 34.3. The van der Waals surface area contributed by atoms with E-state index in [0.29, 0.717) is 22.7 Å². The average molecular weight is 835 g/mol. The van der Waals surface area contributed by atoms with Gasteiger partial charge in [0.25, 0.3) is 0 Å². The van der Waals surface area contributed by atoms with E-state index in [4.69, 9.17) is 32.1 Å². The van der Waals surface area contributed by atoms with Crippen LogP contribution in [0.1, 0.15) is 0 Å². The van der Waals surface area contributed by atoms with Gasteiger partial charge < -0.3 is 22.1 Å². The molecule has 0 atom stereocenters. The molecule has 0 amide bonds. The Morgan fingerprint density at radius 2 is 0.723 bits per heavy atom. The summed E-state index contributed by atoms with van der Waals surface area (Å²) in [6, 6.07) is 62.2. The zero-order chi connectivity index (χ0) is 42.3. The molecule has 7 nitrogen and oxygen atoms in total. The topological polar surface area (TPSA) is 91.5 Å². The van der Waals surface area contributed by atoms with Crippen molar-refractivity contribution in [2.75, 3.05) is 0 Å². The van der Waals surface area contributed by atoms with Crippen molar-refractivity contribution >= 4 is 110 Å². The molecule has 6 aromatic heterocycles. The van der Waals surface area contributed by atoms with Gasteiger partial charge in [-0.2, -0.15) is 0 Å². The van der Waals surface area contributed by atoms with Crippen molar-refractivity contribution in [2.24, 2.45) is 0 Å². The van der Waals surface area contributed by atoms with E-state index in [1.54, 1.807) is 0 Å². The lowest BCUT2D eigenvalue weighted by molar-refractivity contribution is 0.666. The quantitative estimate of drug-likeness (QED) is 0.174. The predicted octanol–water partition coefficient (Wildman–Crippen LogP) is 16.6. The van der Waals surface area contributed by atoms with Crippen LogP contribution in [-0.4, -0.2) is 9.97 Å². The van der Waals surface area contributed by atoms with Crippen LogP contribution in [0.25, 0.3) is 155 Å². The van der Waals surface area contributed by atoms with E-state index in [-0.39, 0.29) is 0 Å². The van der Waals surface area contributed by atoms with Crippen molar-refractivity contribution in [1.82, 2.24) is 9.97 Å². The van der Waals surface area contributed by atoms with E-state index in [1.165, 1.54) is 0 Å². The molecule has 0 aliphatic carbocycles. The Morgan fingerprint density at radius 1 is 0.277 bits per heavy atom. The molecule has 0 fully saturated rings. The van der Waals surface area contributed by atoms with Crippen molar-refractivity contribution in [3.05, 3.63) is 182 Å². The molecule has 0 saturated heterocycles. The average Bonchev–Trinajstić information content (AvgIpc) is 4.18. The molecule has 15 aromatic rings. The van der Waals surface area contributed by atoms with E-state index < -0.39 is 0 Å². The Hall–Kier alpha value is -8.94. The highest BCUT2D eigenvalue weighted by molar-refractivity contribution is 6.15. The summed E-state index contributed by atoms with van der Waals surface area (Å²) in [4.78, 5) is 10.8. The molecule has 0 unspecified atom stereocenters. The summed E-state index contributed by atoms with van der Waals surface area (Å²) in [5.74, 6) is 0.560. The molecule has 65 heavy (non-hydrogen) atoms. The molecule has 302 valence electrons. The fourth-order valence-corrected chi connectivity index (χ4v) is 10.0. The van der Waals surface area contributed by atoms with Crippen LogP contribution < -0.4 is 0 Å². The van der Waals surface area contributed by atoms with E-state index >= 15 is 0 Å². The summed E-state index contributed by atoms with van der Waals surface area (Å²) < 4.78 is 32.2. The normalized spacial score (nSPS) is 12.3. The first kappa shape index (κ1) is 34.6. The second-order valence-corrected chi connectivity index (χ2v) is 16.8. The number of hydrogen-bond donors (Lipinski definition) is 0. The predicted molar refractivity (Wildman–Crippen MR) is 260 cm³/mol. The van der Waals surface area contributed by atoms with Gasteiger partial charge in [0.15, 0.2) is 11.4 Å². The first-order valence-electron chi connectivity index (χ1n) is 21.6. The molecule has 0 bridgehead atoms. The van der Waals surface area contributed by atoms with Gasteiger partial charge in [-0.3, -0.25) is 0 Å². The van der Waals surface area contributed by atoms with Gasteiger partial charge in [-0.1, -0.05) is 97.1 Å². The summed E-state index contributed by atoms with van der Waals surface area (Å²) in [6.07, 6.45) is 0. The van der Waals surface area contributed by atoms with Crippen LogP contribution in [-0.2, 0) is 0 Å². The lowest BCUT2D eigenvalue weighted by Gasteiger charge is -2.08. The Bertz CT molecular complexity index is 4500. The van der Waals surface area contributed by atoms with Crippen LogP contribution in [0.15, 0.2) is 204 Å². The number of benzene rings is 9. The minimum atomic E-state index is 0.560. The molecular weight excluding hydrogens is 805 g/mol. The molecule has 9 aromatic carbocycles. The summed E-state index contributed by atoms with van der Waals surface area (Å²) in [5, 5.41) is 9.27. The fraction of sp³-hybridized carbons (Fsp3) is 0. The van der Waals surface area contributed by atoms with Gasteiger partial charge in [-0.15, -0.1) is 0 Å². The monoisotopic (exact) mass is 834 g/mol. The number of nitrogens with zero attached hydrogens (tertiary/aromatic N) is 2. The van der Waals surface area contributed by atoms with Crippen molar-refractivity contribution in [2.45, 2.75) is 0 Å². The molecule has 0 saturated carbocycles. The van der Waals surface area contributed by atoms with Gasteiger partial charge >= 0.3 is 0 Å². The van der Waals surface area contributed by atoms with Gasteiger partial charge in [-0.25, -0.2) is 9.97 Å². The van der Waals surface area contributed by atoms with E-state index in [1.807, 2.05) is 66.7 Å². The smallest absolute Gasteiger partial charge is 0.180 e. The summed E-state index contributed by atoms with van der Waals surface area (Å²) in [6.45, 7) is 0. The van der Waals surface area contributed by atoms with Crippen LogP contribution in [0.2, 0.25) is 0 Å². The third kappa shape index (κ3) is 5.06. The molecule has 0 aliphatic rings. The molecule has 15 rings (SSSR count). The second-order valence-electron chi connectivity index (χ2n) is 16.8. The lowest BCUT2D eigenvalue weighted by atomic mass is 9.99. The van der Waals surface area contributed by atoms with Crippen LogP contribution in [0.5, 0.6) is 0 Å². The Kier molecular flexibility index (Phi) is 6.83. The lowest BCUT2D eigenvalue weighted by Crippen LogP contribution is -1.94. The largest absolute Gasteiger partial charge is 0.456 e. The summed E-state index contributed by atoms with van der Waals surface area (Å²) in [5.41, 5.74) is 15.2. The Labute approximate surface area is 367 Å². The molecule has 0 aliphatic heterocycles. The third-order valence-corrected chi connectivity index (χ3v) is 13.1. The highest BCUT2D eigenvalue weighted by Gasteiger charge is 2.23. The van der Waals surface area contributed by atoms with Gasteiger partial charge in [0.1, 0.15) is 61.5 Å². The number of fused-ring (bicyclic) bond motifs is 15. The highest BCUT2D eigenvalue weighted by Crippen LogP contribution is 2.43. The maximum atomic E-state index is 6.85. The minimum Gasteiger partial charge on any atom is -0.456 e. The standard InChI is InChI=1S/C58H30N2O5/c1-4-12-45-36(8-1)39-21-16-33(28-51(39)63-45)34-17-23-41-53(29-34)65-57-55(35-18-22-40-37-9-2-5-13-46(37)64-52(40)30-35)59-58(60-56(41)57)42-11-7-15-50-54(42)44-27-32(20-25-49(44)62-50)31-19-24-48-43(26-31)38-10-3-6-14-47(38)61-48/h1-30H. The Morgan fingerprint density at radius 3 is 1.40 bits per heavy atom. The highest BCUT2D eigenvalue weighted by atomic mass is 16.3. The van der Waals surface area contributed by atoms with Gasteiger partial charge in [-0.05, 0) is 107 Å². The van der Waals surface area contributed by atoms with Crippen LogP contribution >= 0.6 is 0 Å². The first-order valence-corrected chi connectivity index (χ1v) is 21.6. The number of furan rings is 5. The van der Waals surface area contributed by atoms with Crippen LogP contribution in [0.3, 0.4) is 0 Å². The minimum absolute atomic E-state index is 0.560. The van der Waals surface area contributed by atoms with Crippen molar-refractivity contribution in [1.29, 1.82) is 0 Å². The van der Waals surface area contributed by atoms with Crippen molar-refractivity contribution in [3.63, 3.8) is 0 Å². The maximum Gasteiger partial charge on any atom is 0.180 e. The van der Waals surface area contributed by atoms with Crippen LogP contribution in [0, 0.1) is 0 Å². The van der Waals surface area contributed by atoms with Gasteiger partial charge in [0, 0.05) is 59.6 Å². The molecule has 6 heterocycles. The third-order valence-electron chi connectivity index (χ3n) is 13.1. The number of hydrogen-bond acceptors (Lipinski definition) is 7. The Balaban J connectivity index is 0.935. The van der Waals surface area contributed by atoms with Gasteiger partial charge in [0.05, 0.1) is 0 Å². The summed E-state index contributed by atoms with van der Waals surface area (Å²) >= 11 is 0. The van der Waals surface area contributed by atoms with Crippen molar-refractivity contribution < 1.29 is 22.1 Å². The first-order chi connectivity index (χ1) is 32.1. The molecule has 7 heteroatoms. The number of rotatable bonds is 4. The molecule has 0 N–H and O–H groups in total. The van der Waals surface area contributed by atoms with Crippen LogP contribution in [0.4, 0.5) is 0 Å². The van der Waals surface area contributed by atoms with Crippen molar-refractivity contribution in [3.8, 4) is 44.9 Å². The zero-order valence-corrected chi connectivity index (χ0v) is 34.3. The molecule has 0 spiro atoms. The number of para-hydroxylation sites is 3. The van der Waals surface area contributed by atoms with Gasteiger partial charge in [0.2, 0.25) is 0 Å². The van der Waals surface area contributed by atoms with E-state index in [2.05, 4.69) is 115 Å². The number of aromatic nitrogens is 2. The maximum absolute atomic E-state index is 6.85. The van der Waals surface area contributed by atoms with E-state index in [9.17, 15) is 0 Å². The molecular formula is C58H30N2O5. The fourth-order valence-electron chi connectivity index (χ4n) is 10.0. The SMILES string of the molecule is c1ccc2c(c1)oc1cc(-c3ccc4c(c3)oc3c(-c5ccc6c(c5)oc5ccccc56)nc(-c5cccc6oc7ccc(-c8ccc9oc%10ccccc%10c9c8)cc7c56)nc34)ccc12. The summed E-state index contributed by atoms with van der Waals surface area (Å²) in [7, 11) is 0.